The highest BCUT2D eigenvalue weighted by molar-refractivity contribution is 8.14. The Kier molecular flexibility index (Phi) is 6.33. The molecule has 2 N–H and O–H groups in total. The highest BCUT2D eigenvalue weighted by Gasteiger charge is 2.15. The fraction of sp³-hybridized carbons (Fsp3) is 0.0476. The Labute approximate surface area is 178 Å². The van der Waals surface area contributed by atoms with Gasteiger partial charge >= 0.3 is 0 Å². The second kappa shape index (κ2) is 8.53. The Bertz CT molecular complexity index is 1030. The lowest BCUT2D eigenvalue weighted by Gasteiger charge is -2.13. The van der Waals surface area contributed by atoms with Crippen LogP contribution in [0, 0.1) is 17.7 Å². The summed E-state index contributed by atoms with van der Waals surface area (Å²) in [5.41, 5.74) is 3.56. The van der Waals surface area contributed by atoms with Gasteiger partial charge < -0.3 is 0 Å². The standard InChI is InChI=1S/C21H16Cl2N2S2/c1-12-6-7-13(8-19(12)26)20(24)17-4-2-3-5-18(17)21(25)27-16-10-14(22)9-15(23)11-16/h2-11,24-26H,1H3. The van der Waals surface area contributed by atoms with E-state index in [4.69, 9.17) is 34.0 Å². The van der Waals surface area contributed by atoms with Gasteiger partial charge in [-0.2, -0.15) is 0 Å². The average Bonchev–Trinajstić information content (AvgIpc) is 2.62. The van der Waals surface area contributed by atoms with Crippen LogP contribution in [0.1, 0.15) is 22.3 Å². The molecule has 3 rings (SSSR count). The molecule has 0 atom stereocenters. The summed E-state index contributed by atoms with van der Waals surface area (Å²) in [5, 5.41) is 18.6. The van der Waals surface area contributed by atoms with Crippen LogP contribution in [0.2, 0.25) is 10.0 Å². The fourth-order valence-corrected chi connectivity index (χ4v) is 4.34. The first-order valence-corrected chi connectivity index (χ1v) is 10.1. The summed E-state index contributed by atoms with van der Waals surface area (Å²) in [7, 11) is 0. The summed E-state index contributed by atoms with van der Waals surface area (Å²) in [6.07, 6.45) is 0. The Morgan fingerprint density at radius 1 is 0.889 bits per heavy atom. The number of benzene rings is 3. The van der Waals surface area contributed by atoms with Crippen molar-refractivity contribution in [2.75, 3.05) is 0 Å². The van der Waals surface area contributed by atoms with E-state index in [2.05, 4.69) is 12.6 Å². The Hall–Kier alpha value is -1.72. The lowest BCUT2D eigenvalue weighted by atomic mass is 9.97. The van der Waals surface area contributed by atoms with Crippen LogP contribution in [0.25, 0.3) is 0 Å². The van der Waals surface area contributed by atoms with E-state index in [-0.39, 0.29) is 0 Å². The molecular formula is C21H16Cl2N2S2. The number of thioether (sulfide) groups is 1. The topological polar surface area (TPSA) is 47.7 Å². The average molecular weight is 431 g/mol. The molecule has 27 heavy (non-hydrogen) atoms. The quantitative estimate of drug-likeness (QED) is 0.175. The molecule has 3 aromatic carbocycles. The normalized spacial score (nSPS) is 10.7. The van der Waals surface area contributed by atoms with Crippen LogP contribution in [-0.4, -0.2) is 10.8 Å². The van der Waals surface area contributed by atoms with Crippen LogP contribution >= 0.6 is 47.6 Å². The van der Waals surface area contributed by atoms with E-state index in [9.17, 15) is 0 Å². The van der Waals surface area contributed by atoms with Crippen molar-refractivity contribution in [1.82, 2.24) is 0 Å². The van der Waals surface area contributed by atoms with E-state index >= 15 is 0 Å². The van der Waals surface area contributed by atoms with E-state index in [0.717, 1.165) is 20.9 Å². The van der Waals surface area contributed by atoms with Crippen LogP contribution in [-0.2, 0) is 0 Å². The molecule has 0 aliphatic rings. The maximum atomic E-state index is 8.64. The number of rotatable bonds is 4. The third kappa shape index (κ3) is 4.77. The largest absolute Gasteiger partial charge is 0.300 e. The molecule has 0 amide bonds. The van der Waals surface area contributed by atoms with Crippen LogP contribution in [0.15, 0.2) is 70.5 Å². The van der Waals surface area contributed by atoms with Crippen molar-refractivity contribution >= 4 is 58.3 Å². The molecule has 0 aliphatic carbocycles. The molecule has 6 heteroatoms. The predicted molar refractivity (Wildman–Crippen MR) is 120 cm³/mol. The molecule has 0 aromatic heterocycles. The van der Waals surface area contributed by atoms with Gasteiger partial charge in [-0.3, -0.25) is 10.8 Å². The molecule has 0 spiro atoms. The summed E-state index contributed by atoms with van der Waals surface area (Å²) in [4.78, 5) is 1.62. The molecule has 0 fully saturated rings. The summed E-state index contributed by atoms with van der Waals surface area (Å²) in [6, 6.07) is 18.4. The summed E-state index contributed by atoms with van der Waals surface area (Å²) >= 11 is 17.8. The van der Waals surface area contributed by atoms with Gasteiger partial charge in [0.1, 0.15) is 0 Å². The van der Waals surface area contributed by atoms with Gasteiger partial charge in [0.25, 0.3) is 0 Å². The molecule has 0 saturated heterocycles. The van der Waals surface area contributed by atoms with Crippen molar-refractivity contribution in [2.24, 2.45) is 0 Å². The monoisotopic (exact) mass is 430 g/mol. The third-order valence-corrected chi connectivity index (χ3v) is 5.81. The van der Waals surface area contributed by atoms with Gasteiger partial charge in [0.2, 0.25) is 0 Å². The molecule has 0 radical (unpaired) electrons. The van der Waals surface area contributed by atoms with Crippen molar-refractivity contribution < 1.29 is 0 Å². The number of nitrogens with one attached hydrogen (secondary N) is 2. The highest BCUT2D eigenvalue weighted by atomic mass is 35.5. The second-order valence-electron chi connectivity index (χ2n) is 5.96. The molecule has 0 aliphatic heterocycles. The first-order chi connectivity index (χ1) is 12.8. The molecule has 3 aromatic rings. The van der Waals surface area contributed by atoms with Crippen LogP contribution < -0.4 is 0 Å². The predicted octanol–water partition coefficient (Wildman–Crippen LogP) is 7.12. The van der Waals surface area contributed by atoms with Crippen LogP contribution in [0.4, 0.5) is 0 Å². The smallest absolute Gasteiger partial charge is 0.0997 e. The highest BCUT2D eigenvalue weighted by Crippen LogP contribution is 2.30. The van der Waals surface area contributed by atoms with Gasteiger partial charge in [-0.05, 0) is 36.8 Å². The van der Waals surface area contributed by atoms with Gasteiger partial charge in [-0.1, -0.05) is 71.4 Å². The van der Waals surface area contributed by atoms with Crippen molar-refractivity contribution in [3.05, 3.63) is 93.0 Å². The number of hydrogen-bond donors (Lipinski definition) is 3. The maximum Gasteiger partial charge on any atom is 0.0997 e. The van der Waals surface area contributed by atoms with Crippen molar-refractivity contribution in [3.63, 3.8) is 0 Å². The van der Waals surface area contributed by atoms with Crippen LogP contribution in [0.5, 0.6) is 0 Å². The number of thiol groups is 1. The molecule has 0 heterocycles. The SMILES string of the molecule is Cc1ccc(C(=N)c2ccccc2C(=N)Sc2cc(Cl)cc(Cl)c2)cc1S. The molecule has 0 saturated carbocycles. The Balaban J connectivity index is 1.94. The van der Waals surface area contributed by atoms with Crippen molar-refractivity contribution in [2.45, 2.75) is 16.7 Å². The van der Waals surface area contributed by atoms with Gasteiger partial charge in [-0.15, -0.1) is 12.6 Å². The first-order valence-electron chi connectivity index (χ1n) is 8.06. The Morgan fingerprint density at radius 2 is 1.52 bits per heavy atom. The maximum absolute atomic E-state index is 8.64. The lowest BCUT2D eigenvalue weighted by molar-refractivity contribution is 1.29. The summed E-state index contributed by atoms with van der Waals surface area (Å²) < 4.78 is 0. The number of hydrogen-bond acceptors (Lipinski definition) is 4. The summed E-state index contributed by atoms with van der Waals surface area (Å²) in [6.45, 7) is 1.98. The van der Waals surface area contributed by atoms with Gasteiger partial charge in [-0.25, -0.2) is 0 Å². The second-order valence-corrected chi connectivity index (χ2v) is 8.40. The Morgan fingerprint density at radius 3 is 2.15 bits per heavy atom. The van der Waals surface area contributed by atoms with E-state index in [1.54, 1.807) is 18.2 Å². The summed E-state index contributed by atoms with van der Waals surface area (Å²) in [5.74, 6) is 0. The van der Waals surface area contributed by atoms with Crippen LogP contribution in [0.3, 0.4) is 0 Å². The van der Waals surface area contributed by atoms with Gasteiger partial charge in [0.05, 0.1) is 10.8 Å². The third-order valence-electron chi connectivity index (χ3n) is 3.99. The fourth-order valence-electron chi connectivity index (χ4n) is 2.58. The van der Waals surface area contributed by atoms with E-state index in [1.807, 2.05) is 49.4 Å². The molecule has 0 bridgehead atoms. The number of aryl methyl sites for hydroxylation is 1. The molecule has 0 unspecified atom stereocenters. The molecule has 136 valence electrons. The lowest BCUT2D eigenvalue weighted by Crippen LogP contribution is -2.08. The zero-order chi connectivity index (χ0) is 19.6. The minimum atomic E-state index is 0.326. The first kappa shape index (κ1) is 20.0. The van der Waals surface area contributed by atoms with Crippen molar-refractivity contribution in [3.8, 4) is 0 Å². The van der Waals surface area contributed by atoms with Crippen molar-refractivity contribution in [1.29, 1.82) is 10.8 Å². The number of halogens is 2. The van der Waals surface area contributed by atoms with E-state index in [0.29, 0.717) is 31.9 Å². The van der Waals surface area contributed by atoms with E-state index < -0.39 is 0 Å². The minimum absolute atomic E-state index is 0.326. The molecular weight excluding hydrogens is 415 g/mol. The van der Waals surface area contributed by atoms with Gasteiger partial charge in [0.15, 0.2) is 0 Å². The van der Waals surface area contributed by atoms with E-state index in [1.165, 1.54) is 11.8 Å². The van der Waals surface area contributed by atoms with Gasteiger partial charge in [0, 0.05) is 36.5 Å². The molecule has 2 nitrogen and oxygen atoms in total. The zero-order valence-electron chi connectivity index (χ0n) is 14.4. The minimum Gasteiger partial charge on any atom is -0.300 e. The zero-order valence-corrected chi connectivity index (χ0v) is 17.6.